The Labute approximate surface area is 196 Å². The summed E-state index contributed by atoms with van der Waals surface area (Å²) < 4.78 is 13.3. The van der Waals surface area contributed by atoms with Crippen molar-refractivity contribution < 1.29 is 9.50 Å². The van der Waals surface area contributed by atoms with Gasteiger partial charge in [0.15, 0.2) is 0 Å². The number of H-pyrrole nitrogens is 1. The van der Waals surface area contributed by atoms with Gasteiger partial charge in [0.2, 0.25) is 5.88 Å². The first-order valence-corrected chi connectivity index (χ1v) is 11.2. The Morgan fingerprint density at radius 2 is 1.59 bits per heavy atom. The molecule has 1 aliphatic rings. The smallest absolute Gasteiger partial charge is 0.258 e. The summed E-state index contributed by atoms with van der Waals surface area (Å²) in [5.74, 6) is -0.559. The van der Waals surface area contributed by atoms with Gasteiger partial charge in [0.1, 0.15) is 5.82 Å². The van der Waals surface area contributed by atoms with Gasteiger partial charge in [0.05, 0.1) is 11.3 Å². The van der Waals surface area contributed by atoms with Crippen LogP contribution in [0.15, 0.2) is 76.5 Å². The van der Waals surface area contributed by atoms with Crippen LogP contribution in [0.3, 0.4) is 0 Å². The molecular formula is C27H25FN4O2. The van der Waals surface area contributed by atoms with E-state index in [-0.39, 0.29) is 17.3 Å². The van der Waals surface area contributed by atoms with Crippen molar-refractivity contribution in [3.05, 3.63) is 88.5 Å². The van der Waals surface area contributed by atoms with E-state index >= 15 is 0 Å². The molecule has 4 aromatic rings. The van der Waals surface area contributed by atoms with Crippen molar-refractivity contribution in [2.24, 2.45) is 4.99 Å². The second-order valence-electron chi connectivity index (χ2n) is 8.55. The van der Waals surface area contributed by atoms with Crippen molar-refractivity contribution in [3.63, 3.8) is 0 Å². The predicted octanol–water partition coefficient (Wildman–Crippen LogP) is 4.54. The Kier molecular flexibility index (Phi) is 5.86. The van der Waals surface area contributed by atoms with Crippen molar-refractivity contribution in [1.82, 2.24) is 9.88 Å². The minimum absolute atomic E-state index is 0.244. The minimum Gasteiger partial charge on any atom is -0.494 e. The van der Waals surface area contributed by atoms with Crippen molar-refractivity contribution >= 4 is 28.4 Å². The Hall–Kier alpha value is -3.97. The molecule has 34 heavy (non-hydrogen) atoms. The van der Waals surface area contributed by atoms with E-state index in [1.165, 1.54) is 12.1 Å². The number of nitrogens with zero attached hydrogens (tertiary/aromatic N) is 3. The SMILES string of the molecule is CN1CCN(c2ccc(N=Cc3c(O)[nH]c(=O)c4ccc(-c5ccc(F)cc5)cc34)cc2)CC1. The number of hydrogen-bond acceptors (Lipinski definition) is 5. The number of aromatic nitrogens is 1. The van der Waals surface area contributed by atoms with Crippen molar-refractivity contribution in [2.45, 2.75) is 0 Å². The van der Waals surface area contributed by atoms with Crippen LogP contribution < -0.4 is 10.5 Å². The average Bonchev–Trinajstić information content (AvgIpc) is 2.85. The lowest BCUT2D eigenvalue weighted by molar-refractivity contribution is 0.313. The Morgan fingerprint density at radius 1 is 0.912 bits per heavy atom. The van der Waals surface area contributed by atoms with Gasteiger partial charge in [-0.2, -0.15) is 0 Å². The van der Waals surface area contributed by atoms with E-state index in [0.29, 0.717) is 16.3 Å². The highest BCUT2D eigenvalue weighted by atomic mass is 19.1. The number of hydrogen-bond donors (Lipinski definition) is 2. The highest BCUT2D eigenvalue weighted by Crippen LogP contribution is 2.28. The highest BCUT2D eigenvalue weighted by Gasteiger charge is 2.14. The third-order valence-corrected chi connectivity index (χ3v) is 6.28. The number of nitrogens with one attached hydrogen (secondary N) is 1. The summed E-state index contributed by atoms with van der Waals surface area (Å²) in [7, 11) is 2.13. The zero-order valence-electron chi connectivity index (χ0n) is 18.8. The summed E-state index contributed by atoms with van der Waals surface area (Å²) in [5, 5.41) is 11.5. The third-order valence-electron chi connectivity index (χ3n) is 6.28. The topological polar surface area (TPSA) is 71.9 Å². The molecular weight excluding hydrogens is 431 g/mol. The molecule has 2 N–H and O–H groups in total. The molecule has 1 aliphatic heterocycles. The molecule has 0 atom stereocenters. The molecule has 0 unspecified atom stereocenters. The van der Waals surface area contributed by atoms with Gasteiger partial charge < -0.3 is 14.9 Å². The quantitative estimate of drug-likeness (QED) is 0.442. The van der Waals surface area contributed by atoms with Gasteiger partial charge in [0, 0.05) is 48.9 Å². The molecule has 3 aromatic carbocycles. The number of fused-ring (bicyclic) bond motifs is 1. The molecule has 6 nitrogen and oxygen atoms in total. The normalized spacial score (nSPS) is 14.8. The molecule has 0 radical (unpaired) electrons. The Balaban J connectivity index is 1.47. The van der Waals surface area contributed by atoms with Gasteiger partial charge in [-0.25, -0.2) is 4.39 Å². The van der Waals surface area contributed by atoms with E-state index in [1.54, 1.807) is 30.5 Å². The van der Waals surface area contributed by atoms with Crippen molar-refractivity contribution in [3.8, 4) is 17.0 Å². The van der Waals surface area contributed by atoms with E-state index < -0.39 is 0 Å². The van der Waals surface area contributed by atoms with Crippen LogP contribution in [-0.2, 0) is 0 Å². The van der Waals surface area contributed by atoms with E-state index in [9.17, 15) is 14.3 Å². The van der Waals surface area contributed by atoms with Crippen LogP contribution in [-0.4, -0.2) is 54.4 Å². The number of piperazine rings is 1. The van der Waals surface area contributed by atoms with Gasteiger partial charge in [-0.05, 0) is 66.7 Å². The maximum absolute atomic E-state index is 13.3. The van der Waals surface area contributed by atoms with Gasteiger partial charge in [-0.3, -0.25) is 14.8 Å². The first-order chi connectivity index (χ1) is 16.5. The lowest BCUT2D eigenvalue weighted by Crippen LogP contribution is -2.44. The van der Waals surface area contributed by atoms with Crippen LogP contribution in [0.25, 0.3) is 21.9 Å². The Bertz CT molecular complexity index is 1400. The average molecular weight is 457 g/mol. The summed E-state index contributed by atoms with van der Waals surface area (Å²) in [6, 6.07) is 19.5. The number of aliphatic imine (C=N–C) groups is 1. The second-order valence-corrected chi connectivity index (χ2v) is 8.55. The van der Waals surface area contributed by atoms with E-state index in [4.69, 9.17) is 0 Å². The number of halogens is 1. The Morgan fingerprint density at radius 3 is 2.29 bits per heavy atom. The zero-order chi connectivity index (χ0) is 23.7. The molecule has 0 aliphatic carbocycles. The molecule has 1 aromatic heterocycles. The van der Waals surface area contributed by atoms with Gasteiger partial charge in [0.25, 0.3) is 5.56 Å². The van der Waals surface area contributed by atoms with Crippen LogP contribution >= 0.6 is 0 Å². The van der Waals surface area contributed by atoms with Gasteiger partial charge in [-0.1, -0.05) is 18.2 Å². The molecule has 0 saturated carbocycles. The number of pyridine rings is 1. The second kappa shape index (κ2) is 9.11. The lowest BCUT2D eigenvalue weighted by Gasteiger charge is -2.34. The summed E-state index contributed by atoms with van der Waals surface area (Å²) in [6.45, 7) is 4.07. The molecule has 5 rings (SSSR count). The standard InChI is InChI=1S/C27H25FN4O2/c1-31-12-14-32(15-13-31)22-9-7-21(8-10-22)29-17-25-24-16-19(18-2-5-20(28)6-3-18)4-11-23(24)26(33)30-27(25)34/h2-11,16-17H,12-15H2,1H3,(H2,30,33,34). The lowest BCUT2D eigenvalue weighted by atomic mass is 9.99. The predicted molar refractivity (Wildman–Crippen MR) is 135 cm³/mol. The summed E-state index contributed by atoms with van der Waals surface area (Å²) >= 11 is 0. The highest BCUT2D eigenvalue weighted by molar-refractivity contribution is 6.03. The monoisotopic (exact) mass is 456 g/mol. The summed E-state index contributed by atoms with van der Waals surface area (Å²) in [6.07, 6.45) is 1.56. The third kappa shape index (κ3) is 4.43. The fourth-order valence-electron chi connectivity index (χ4n) is 4.24. The minimum atomic E-state index is -0.383. The molecule has 1 fully saturated rings. The number of rotatable bonds is 4. The molecule has 0 amide bonds. The van der Waals surface area contributed by atoms with Crippen LogP contribution in [0.5, 0.6) is 5.88 Å². The van der Waals surface area contributed by atoms with Crippen molar-refractivity contribution in [1.29, 1.82) is 0 Å². The fraction of sp³-hybridized carbons (Fsp3) is 0.185. The maximum atomic E-state index is 13.3. The van der Waals surface area contributed by atoms with Crippen molar-refractivity contribution in [2.75, 3.05) is 38.1 Å². The number of likely N-dealkylation sites (N-methyl/N-ethyl adjacent to an activating group) is 1. The van der Waals surface area contributed by atoms with Gasteiger partial charge >= 0.3 is 0 Å². The number of benzene rings is 3. The summed E-state index contributed by atoms with van der Waals surface area (Å²) in [4.78, 5) is 24.1. The van der Waals surface area contributed by atoms with E-state index in [0.717, 1.165) is 48.7 Å². The van der Waals surface area contributed by atoms with Gasteiger partial charge in [-0.15, -0.1) is 0 Å². The maximum Gasteiger partial charge on any atom is 0.258 e. The van der Waals surface area contributed by atoms with Crippen LogP contribution in [0, 0.1) is 5.82 Å². The first kappa shape index (κ1) is 21.9. The van der Waals surface area contributed by atoms with Crippen LogP contribution in [0.2, 0.25) is 0 Å². The number of aromatic hydroxyl groups is 1. The molecule has 1 saturated heterocycles. The first-order valence-electron chi connectivity index (χ1n) is 11.2. The molecule has 7 heteroatoms. The molecule has 2 heterocycles. The molecule has 0 bridgehead atoms. The van der Waals surface area contributed by atoms with E-state index in [2.05, 4.69) is 39.0 Å². The fourth-order valence-corrected chi connectivity index (χ4v) is 4.24. The summed E-state index contributed by atoms with van der Waals surface area (Å²) in [5.41, 5.74) is 3.56. The zero-order valence-corrected chi connectivity index (χ0v) is 18.8. The van der Waals surface area contributed by atoms with Crippen LogP contribution in [0.4, 0.5) is 15.8 Å². The number of aromatic amines is 1. The molecule has 0 spiro atoms. The van der Waals surface area contributed by atoms with E-state index in [1.807, 2.05) is 18.2 Å². The largest absolute Gasteiger partial charge is 0.494 e. The molecule has 172 valence electrons. The van der Waals surface area contributed by atoms with Crippen LogP contribution in [0.1, 0.15) is 5.56 Å². The number of anilines is 1.